The number of hydrogen-bond donors (Lipinski definition) is 0. The zero-order valence-corrected chi connectivity index (χ0v) is 18.2. The number of hydrogen-bond acceptors (Lipinski definition) is 2. The number of aromatic nitrogens is 2. The molecule has 0 aliphatic carbocycles. The van der Waals surface area contributed by atoms with Crippen molar-refractivity contribution in [3.8, 4) is 22.8 Å². The van der Waals surface area contributed by atoms with Gasteiger partial charge in [-0.1, -0.05) is 78.4 Å². The SMILES string of the molecule is Cc1ccc(-c2ncc(C(Oc3ccccc3)c3ccccc3)n2-c2ccc(F)cc2)cc1. The minimum Gasteiger partial charge on any atom is -0.479 e. The van der Waals surface area contributed by atoms with Gasteiger partial charge in [-0.25, -0.2) is 9.37 Å². The molecule has 162 valence electrons. The number of rotatable bonds is 6. The van der Waals surface area contributed by atoms with E-state index in [0.29, 0.717) is 0 Å². The van der Waals surface area contributed by atoms with Gasteiger partial charge in [0, 0.05) is 11.3 Å². The molecule has 0 saturated carbocycles. The standard InChI is InChI=1S/C29H23FN2O/c1-21-12-14-23(15-13-21)29-31-20-27(32(29)25-18-16-24(30)17-19-25)28(22-8-4-2-5-9-22)33-26-10-6-3-7-11-26/h2-20,28H,1H3. The van der Waals surface area contributed by atoms with Gasteiger partial charge in [0.15, 0.2) is 6.10 Å². The molecule has 4 heteroatoms. The largest absolute Gasteiger partial charge is 0.479 e. The quantitative estimate of drug-likeness (QED) is 0.284. The van der Waals surface area contributed by atoms with Crippen molar-refractivity contribution in [1.29, 1.82) is 0 Å². The molecule has 0 spiro atoms. The molecule has 1 heterocycles. The lowest BCUT2D eigenvalue weighted by molar-refractivity contribution is 0.240. The second kappa shape index (κ2) is 9.13. The molecule has 0 aliphatic rings. The van der Waals surface area contributed by atoms with Crippen molar-refractivity contribution < 1.29 is 9.13 Å². The molecule has 0 fully saturated rings. The summed E-state index contributed by atoms with van der Waals surface area (Å²) in [4.78, 5) is 4.79. The van der Waals surface area contributed by atoms with Crippen molar-refractivity contribution in [1.82, 2.24) is 9.55 Å². The van der Waals surface area contributed by atoms with Crippen molar-refractivity contribution in [2.24, 2.45) is 0 Å². The van der Waals surface area contributed by atoms with Gasteiger partial charge in [0.25, 0.3) is 0 Å². The van der Waals surface area contributed by atoms with Crippen LogP contribution in [0.3, 0.4) is 0 Å². The van der Waals surface area contributed by atoms with Crippen LogP contribution in [0, 0.1) is 12.7 Å². The van der Waals surface area contributed by atoms with Crippen LogP contribution in [0.15, 0.2) is 115 Å². The maximum Gasteiger partial charge on any atom is 0.166 e. The first-order valence-corrected chi connectivity index (χ1v) is 10.9. The predicted molar refractivity (Wildman–Crippen MR) is 129 cm³/mol. The lowest BCUT2D eigenvalue weighted by Gasteiger charge is -2.22. The molecule has 0 radical (unpaired) electrons. The highest BCUT2D eigenvalue weighted by molar-refractivity contribution is 5.60. The fourth-order valence-corrected chi connectivity index (χ4v) is 3.88. The molecular formula is C29H23FN2O. The Balaban J connectivity index is 1.70. The van der Waals surface area contributed by atoms with Crippen molar-refractivity contribution >= 4 is 0 Å². The van der Waals surface area contributed by atoms with Crippen LogP contribution < -0.4 is 4.74 Å². The Morgan fingerprint density at radius 3 is 2.06 bits per heavy atom. The molecule has 0 N–H and O–H groups in total. The van der Waals surface area contributed by atoms with Crippen LogP contribution in [-0.2, 0) is 0 Å². The van der Waals surface area contributed by atoms with Gasteiger partial charge < -0.3 is 4.74 Å². The van der Waals surface area contributed by atoms with E-state index in [1.807, 2.05) is 71.4 Å². The second-order valence-corrected chi connectivity index (χ2v) is 7.91. The van der Waals surface area contributed by atoms with E-state index in [1.54, 1.807) is 12.1 Å². The molecule has 1 aromatic heterocycles. The van der Waals surface area contributed by atoms with Crippen LogP contribution in [0.1, 0.15) is 22.9 Å². The molecule has 0 bridgehead atoms. The highest BCUT2D eigenvalue weighted by Crippen LogP contribution is 2.34. The van der Waals surface area contributed by atoms with E-state index in [2.05, 4.69) is 31.2 Å². The minimum atomic E-state index is -0.412. The Morgan fingerprint density at radius 2 is 1.39 bits per heavy atom. The molecule has 1 atom stereocenters. The number of aryl methyl sites for hydroxylation is 1. The van der Waals surface area contributed by atoms with Crippen molar-refractivity contribution in [2.45, 2.75) is 13.0 Å². The lowest BCUT2D eigenvalue weighted by atomic mass is 10.1. The fourth-order valence-electron chi connectivity index (χ4n) is 3.88. The van der Waals surface area contributed by atoms with Crippen LogP contribution >= 0.6 is 0 Å². The Kier molecular flexibility index (Phi) is 5.73. The Morgan fingerprint density at radius 1 is 0.758 bits per heavy atom. The second-order valence-electron chi connectivity index (χ2n) is 7.91. The first kappa shape index (κ1) is 20.7. The van der Waals surface area contributed by atoms with E-state index in [4.69, 9.17) is 9.72 Å². The van der Waals surface area contributed by atoms with Crippen LogP contribution in [0.4, 0.5) is 4.39 Å². The number of benzene rings is 4. The van der Waals surface area contributed by atoms with Gasteiger partial charge >= 0.3 is 0 Å². The number of imidazole rings is 1. The summed E-state index contributed by atoms with van der Waals surface area (Å²) in [5.74, 6) is 1.25. The summed E-state index contributed by atoms with van der Waals surface area (Å²) in [6.07, 6.45) is 1.43. The van der Waals surface area contributed by atoms with Gasteiger partial charge in [-0.3, -0.25) is 4.57 Å². The molecule has 4 aromatic carbocycles. The van der Waals surface area contributed by atoms with E-state index in [1.165, 1.54) is 17.7 Å². The predicted octanol–water partition coefficient (Wildman–Crippen LogP) is 7.16. The molecular weight excluding hydrogens is 411 g/mol. The van der Waals surface area contributed by atoms with E-state index < -0.39 is 6.10 Å². The van der Waals surface area contributed by atoms with Crippen LogP contribution in [0.25, 0.3) is 17.1 Å². The topological polar surface area (TPSA) is 27.1 Å². The van der Waals surface area contributed by atoms with Gasteiger partial charge in [0.1, 0.15) is 17.4 Å². The van der Waals surface area contributed by atoms with Crippen LogP contribution in [0.2, 0.25) is 0 Å². The summed E-state index contributed by atoms with van der Waals surface area (Å²) in [6.45, 7) is 2.06. The zero-order chi connectivity index (χ0) is 22.6. The third-order valence-corrected chi connectivity index (χ3v) is 5.55. The molecule has 0 aliphatic heterocycles. The summed E-state index contributed by atoms with van der Waals surface area (Å²) in [7, 11) is 0. The van der Waals surface area contributed by atoms with Crippen molar-refractivity contribution in [3.63, 3.8) is 0 Å². The Labute approximate surface area is 192 Å². The maximum atomic E-state index is 13.8. The number of para-hydroxylation sites is 1. The molecule has 3 nitrogen and oxygen atoms in total. The van der Waals surface area contributed by atoms with E-state index in [0.717, 1.165) is 34.1 Å². The van der Waals surface area contributed by atoms with E-state index in [9.17, 15) is 4.39 Å². The van der Waals surface area contributed by atoms with Crippen molar-refractivity contribution in [3.05, 3.63) is 138 Å². The summed E-state index contributed by atoms with van der Waals surface area (Å²) >= 11 is 0. The van der Waals surface area contributed by atoms with Gasteiger partial charge in [-0.2, -0.15) is 0 Å². The maximum absolute atomic E-state index is 13.8. The van der Waals surface area contributed by atoms with Gasteiger partial charge in [0.05, 0.1) is 11.9 Å². The highest BCUT2D eigenvalue weighted by atomic mass is 19.1. The van der Waals surface area contributed by atoms with Crippen molar-refractivity contribution in [2.75, 3.05) is 0 Å². The third-order valence-electron chi connectivity index (χ3n) is 5.55. The Hall–Kier alpha value is -4.18. The third kappa shape index (κ3) is 4.41. The monoisotopic (exact) mass is 434 g/mol. The van der Waals surface area contributed by atoms with Crippen LogP contribution in [0.5, 0.6) is 5.75 Å². The summed E-state index contributed by atoms with van der Waals surface area (Å²) in [5, 5.41) is 0. The van der Waals surface area contributed by atoms with Crippen LogP contribution in [-0.4, -0.2) is 9.55 Å². The van der Waals surface area contributed by atoms with Gasteiger partial charge in [0.2, 0.25) is 0 Å². The number of nitrogens with zero attached hydrogens (tertiary/aromatic N) is 2. The average molecular weight is 435 g/mol. The molecule has 5 aromatic rings. The lowest BCUT2D eigenvalue weighted by Crippen LogP contribution is -2.14. The summed E-state index contributed by atoms with van der Waals surface area (Å²) < 4.78 is 22.3. The molecule has 0 amide bonds. The molecule has 33 heavy (non-hydrogen) atoms. The van der Waals surface area contributed by atoms with Gasteiger partial charge in [-0.15, -0.1) is 0 Å². The van der Waals surface area contributed by atoms with Gasteiger partial charge in [-0.05, 0) is 48.9 Å². The highest BCUT2D eigenvalue weighted by Gasteiger charge is 2.24. The normalized spacial score (nSPS) is 11.8. The first-order valence-electron chi connectivity index (χ1n) is 10.9. The minimum absolute atomic E-state index is 0.280. The zero-order valence-electron chi connectivity index (χ0n) is 18.2. The summed E-state index contributed by atoms with van der Waals surface area (Å²) in [5.41, 5.74) is 4.82. The summed E-state index contributed by atoms with van der Waals surface area (Å²) in [6, 6.07) is 34.5. The Bertz CT molecular complexity index is 1330. The first-order chi connectivity index (χ1) is 16.2. The van der Waals surface area contributed by atoms with E-state index in [-0.39, 0.29) is 5.82 Å². The molecule has 0 saturated heterocycles. The van der Waals surface area contributed by atoms with E-state index >= 15 is 0 Å². The smallest absolute Gasteiger partial charge is 0.166 e. The molecule has 1 unspecified atom stereocenters. The average Bonchev–Trinajstić information content (AvgIpc) is 3.29. The number of halogens is 1. The number of ether oxygens (including phenoxy) is 1. The molecule has 5 rings (SSSR count). The fraction of sp³-hybridized carbons (Fsp3) is 0.0690.